The number of methoxy groups -OCH3 is 3. The molecule has 0 bridgehead atoms. The van der Waals surface area contributed by atoms with Crippen molar-refractivity contribution in [2.75, 3.05) is 45.6 Å². The quantitative estimate of drug-likeness (QED) is 0.220. The van der Waals surface area contributed by atoms with Gasteiger partial charge in [-0.1, -0.05) is 54.6 Å². The van der Waals surface area contributed by atoms with Crippen molar-refractivity contribution in [2.24, 2.45) is 0 Å². The van der Waals surface area contributed by atoms with Crippen LogP contribution < -0.4 is 24.4 Å². The summed E-state index contributed by atoms with van der Waals surface area (Å²) in [5.74, 6) is 0.592. The Balaban J connectivity index is 1.85. The molecule has 0 fully saturated rings. The van der Waals surface area contributed by atoms with Crippen LogP contribution in [0.4, 0.5) is 11.4 Å². The Bertz CT molecular complexity index is 1510. The maximum Gasteiger partial charge on any atom is 0.251 e. The molecular formula is C35H39N3O5. The predicted octanol–water partition coefficient (Wildman–Crippen LogP) is 6.04. The number of nitrogens with zero attached hydrogens (tertiary/aromatic N) is 2. The van der Waals surface area contributed by atoms with Crippen LogP contribution in [0.2, 0.25) is 0 Å². The molecule has 43 heavy (non-hydrogen) atoms. The number of carbonyl (C=O) groups is 2. The molecule has 2 amide bonds. The average Bonchev–Trinajstić information content (AvgIpc) is 3.01. The Hall–Kier alpha value is -4.98. The largest absolute Gasteiger partial charge is 0.493 e. The smallest absolute Gasteiger partial charge is 0.251 e. The molecule has 0 aromatic heterocycles. The minimum atomic E-state index is -1.03. The van der Waals surface area contributed by atoms with Crippen LogP contribution in [-0.2, 0) is 22.6 Å². The number of amides is 2. The predicted molar refractivity (Wildman–Crippen MR) is 170 cm³/mol. The second-order valence-corrected chi connectivity index (χ2v) is 10.4. The number of aryl methyl sites for hydroxylation is 1. The summed E-state index contributed by atoms with van der Waals surface area (Å²) >= 11 is 0. The van der Waals surface area contributed by atoms with Crippen molar-refractivity contribution in [1.82, 2.24) is 4.90 Å². The van der Waals surface area contributed by atoms with Crippen LogP contribution >= 0.6 is 0 Å². The van der Waals surface area contributed by atoms with E-state index in [2.05, 4.69) is 5.32 Å². The van der Waals surface area contributed by atoms with Crippen molar-refractivity contribution in [3.63, 3.8) is 0 Å². The molecule has 4 aromatic carbocycles. The van der Waals surface area contributed by atoms with Gasteiger partial charge in [0.05, 0.1) is 27.8 Å². The Kier molecular flexibility index (Phi) is 10.3. The maximum atomic E-state index is 14.3. The molecule has 4 rings (SSSR count). The summed E-state index contributed by atoms with van der Waals surface area (Å²) in [6.45, 7) is 2.21. The molecular weight excluding hydrogens is 542 g/mol. The average molecular weight is 582 g/mol. The molecule has 0 spiro atoms. The van der Waals surface area contributed by atoms with Gasteiger partial charge in [-0.15, -0.1) is 0 Å². The van der Waals surface area contributed by atoms with Crippen LogP contribution in [0, 0.1) is 6.92 Å². The van der Waals surface area contributed by atoms with Gasteiger partial charge in [0.1, 0.15) is 6.04 Å². The third kappa shape index (κ3) is 7.46. The van der Waals surface area contributed by atoms with Crippen molar-refractivity contribution in [3.05, 3.63) is 113 Å². The zero-order valence-electron chi connectivity index (χ0n) is 25.6. The number of carbonyl (C=O) groups excluding carboxylic acids is 2. The molecule has 0 saturated heterocycles. The number of rotatable bonds is 12. The van der Waals surface area contributed by atoms with Gasteiger partial charge in [-0.25, -0.2) is 0 Å². The highest BCUT2D eigenvalue weighted by Gasteiger charge is 2.34. The summed E-state index contributed by atoms with van der Waals surface area (Å²) in [7, 11) is 8.48. The van der Waals surface area contributed by atoms with Gasteiger partial charge in [0, 0.05) is 32.0 Å². The van der Waals surface area contributed by atoms with E-state index in [0.717, 1.165) is 22.4 Å². The number of nitrogens with one attached hydrogen (secondary N) is 1. The van der Waals surface area contributed by atoms with Crippen molar-refractivity contribution in [2.45, 2.75) is 25.9 Å². The van der Waals surface area contributed by atoms with Crippen molar-refractivity contribution >= 4 is 23.2 Å². The van der Waals surface area contributed by atoms with Gasteiger partial charge in [0.25, 0.3) is 5.91 Å². The minimum Gasteiger partial charge on any atom is -0.493 e. The van der Waals surface area contributed by atoms with Gasteiger partial charge in [-0.2, -0.15) is 0 Å². The third-order valence-corrected chi connectivity index (χ3v) is 7.33. The summed E-state index contributed by atoms with van der Waals surface area (Å²) in [6.07, 6.45) is 0.123. The first-order chi connectivity index (χ1) is 20.7. The lowest BCUT2D eigenvalue weighted by molar-refractivity contribution is -0.139. The summed E-state index contributed by atoms with van der Waals surface area (Å²) in [4.78, 5) is 32.1. The Morgan fingerprint density at radius 1 is 0.791 bits per heavy atom. The molecule has 0 aliphatic rings. The molecule has 0 saturated carbocycles. The molecule has 8 nitrogen and oxygen atoms in total. The van der Waals surface area contributed by atoms with Gasteiger partial charge in [0.2, 0.25) is 11.7 Å². The molecule has 0 unspecified atom stereocenters. The van der Waals surface area contributed by atoms with Crippen LogP contribution in [0.15, 0.2) is 91.0 Å². The van der Waals surface area contributed by atoms with Crippen molar-refractivity contribution < 1.29 is 23.8 Å². The van der Waals surface area contributed by atoms with E-state index >= 15 is 0 Å². The van der Waals surface area contributed by atoms with E-state index in [1.807, 2.05) is 105 Å². The summed E-state index contributed by atoms with van der Waals surface area (Å²) in [5, 5.41) is 3.05. The molecule has 0 aliphatic carbocycles. The third-order valence-electron chi connectivity index (χ3n) is 7.33. The van der Waals surface area contributed by atoms with Crippen LogP contribution in [0.1, 0.15) is 28.3 Å². The molecule has 1 atom stereocenters. The standard InChI is InChI=1S/C35H39N3O5/c1-24-12-10-11-15-26(24)23-38(32(39)20-25-13-8-7-9-14-25)33(27-21-30(41-4)34(43-6)31(22-27)42-5)35(40)36-28-16-18-29(19-17-28)37(2)3/h7-19,21-22,33H,20,23H2,1-6H3,(H,36,40)/t33-/m1/s1. The van der Waals surface area contributed by atoms with Gasteiger partial charge < -0.3 is 29.3 Å². The lowest BCUT2D eigenvalue weighted by atomic mass is 9.99. The molecule has 0 radical (unpaired) electrons. The van der Waals surface area contributed by atoms with E-state index in [1.165, 1.54) is 21.3 Å². The normalized spacial score (nSPS) is 11.3. The first-order valence-corrected chi connectivity index (χ1v) is 14.0. The number of hydrogen-bond donors (Lipinski definition) is 1. The number of hydrogen-bond acceptors (Lipinski definition) is 6. The summed E-state index contributed by atoms with van der Waals surface area (Å²) in [6, 6.07) is 27.3. The maximum absolute atomic E-state index is 14.3. The highest BCUT2D eigenvalue weighted by molar-refractivity contribution is 5.98. The topological polar surface area (TPSA) is 80.3 Å². The fourth-order valence-corrected chi connectivity index (χ4v) is 4.95. The molecule has 0 heterocycles. The molecule has 1 N–H and O–H groups in total. The van der Waals surface area contributed by atoms with Crippen LogP contribution in [0.25, 0.3) is 0 Å². The fraction of sp³-hybridized carbons (Fsp3) is 0.257. The molecule has 0 aliphatic heterocycles. The second kappa shape index (κ2) is 14.3. The Morgan fingerprint density at radius 3 is 1.95 bits per heavy atom. The molecule has 8 heteroatoms. The summed E-state index contributed by atoms with van der Waals surface area (Å²) < 4.78 is 16.8. The Morgan fingerprint density at radius 2 is 1.40 bits per heavy atom. The summed E-state index contributed by atoms with van der Waals surface area (Å²) in [5.41, 5.74) is 4.93. The van der Waals surface area contributed by atoms with Crippen LogP contribution in [0.3, 0.4) is 0 Å². The first-order valence-electron chi connectivity index (χ1n) is 14.0. The molecule has 224 valence electrons. The zero-order valence-corrected chi connectivity index (χ0v) is 25.6. The van der Waals surface area contributed by atoms with Gasteiger partial charge in [0.15, 0.2) is 11.5 Å². The number of benzene rings is 4. The van der Waals surface area contributed by atoms with Crippen LogP contribution in [0.5, 0.6) is 17.2 Å². The zero-order chi connectivity index (χ0) is 30.9. The van der Waals surface area contributed by atoms with Crippen molar-refractivity contribution in [1.29, 1.82) is 0 Å². The lowest BCUT2D eigenvalue weighted by Gasteiger charge is -2.33. The Labute approximate surface area is 253 Å². The number of ether oxygens (including phenoxy) is 3. The first kappa shape index (κ1) is 31.0. The monoisotopic (exact) mass is 581 g/mol. The van der Waals surface area contributed by atoms with E-state index in [4.69, 9.17) is 14.2 Å². The van der Waals surface area contributed by atoms with E-state index < -0.39 is 6.04 Å². The number of anilines is 2. The highest BCUT2D eigenvalue weighted by Crippen LogP contribution is 2.41. The highest BCUT2D eigenvalue weighted by atomic mass is 16.5. The van der Waals surface area contributed by atoms with Crippen LogP contribution in [-0.4, -0.2) is 52.1 Å². The van der Waals surface area contributed by atoms with Crippen molar-refractivity contribution in [3.8, 4) is 17.2 Å². The van der Waals surface area contributed by atoms with Gasteiger partial charge >= 0.3 is 0 Å². The molecule has 4 aromatic rings. The minimum absolute atomic E-state index is 0.123. The second-order valence-electron chi connectivity index (χ2n) is 10.4. The van der Waals surface area contributed by atoms with Gasteiger partial charge in [-0.3, -0.25) is 9.59 Å². The van der Waals surface area contributed by atoms with E-state index in [0.29, 0.717) is 28.5 Å². The fourth-order valence-electron chi connectivity index (χ4n) is 4.95. The van der Waals surface area contributed by atoms with Gasteiger partial charge in [-0.05, 0) is 65.6 Å². The van der Waals surface area contributed by atoms with E-state index in [-0.39, 0.29) is 24.8 Å². The van der Waals surface area contributed by atoms with E-state index in [1.54, 1.807) is 17.0 Å². The van der Waals surface area contributed by atoms with E-state index in [9.17, 15) is 9.59 Å². The SMILES string of the molecule is COc1cc([C@H](C(=O)Nc2ccc(N(C)C)cc2)N(Cc2ccccc2C)C(=O)Cc2ccccc2)cc(OC)c1OC. The lowest BCUT2D eigenvalue weighted by Crippen LogP contribution is -2.41.